The Labute approximate surface area is 141 Å². The predicted octanol–water partition coefficient (Wildman–Crippen LogP) is 2.02. The highest BCUT2D eigenvalue weighted by Crippen LogP contribution is 2.30. The Hall–Kier alpha value is -2.22. The minimum atomic E-state index is -3.41. The second-order valence-corrected chi connectivity index (χ2v) is 7.79. The van der Waals surface area contributed by atoms with Crippen LogP contribution >= 0.6 is 0 Å². The molecule has 1 aliphatic rings. The highest BCUT2D eigenvalue weighted by Gasteiger charge is 2.27. The van der Waals surface area contributed by atoms with Crippen LogP contribution in [0.4, 0.5) is 15.9 Å². The maximum absolute atomic E-state index is 14.5. The number of halogens is 1. The summed E-state index contributed by atoms with van der Waals surface area (Å²) in [5.74, 6) is 0.234. The largest absolute Gasteiger partial charge is 0.348 e. The quantitative estimate of drug-likeness (QED) is 0.829. The van der Waals surface area contributed by atoms with Crippen molar-refractivity contribution in [2.24, 2.45) is 0 Å². The molecule has 1 aromatic heterocycles. The van der Waals surface area contributed by atoms with Crippen LogP contribution in [0.2, 0.25) is 0 Å². The Bertz CT molecular complexity index is 886. The number of fused-ring (bicyclic) bond motifs is 1. The first kappa shape index (κ1) is 16.6. The van der Waals surface area contributed by atoms with Gasteiger partial charge in [-0.25, -0.2) is 22.8 Å². The summed E-state index contributed by atoms with van der Waals surface area (Å²) in [5.41, 5.74) is 1.73. The third-order valence-corrected chi connectivity index (χ3v) is 5.19. The van der Waals surface area contributed by atoms with Crippen LogP contribution in [0.5, 0.6) is 0 Å². The molecule has 0 radical (unpaired) electrons. The van der Waals surface area contributed by atoms with Crippen LogP contribution in [0, 0.1) is 19.7 Å². The van der Waals surface area contributed by atoms with Gasteiger partial charge in [0.05, 0.1) is 24.2 Å². The van der Waals surface area contributed by atoms with Crippen molar-refractivity contribution in [3.05, 3.63) is 47.2 Å². The second-order valence-electron chi connectivity index (χ2n) is 5.88. The predicted molar refractivity (Wildman–Crippen MR) is 91.1 cm³/mol. The van der Waals surface area contributed by atoms with E-state index in [2.05, 4.69) is 9.97 Å². The van der Waals surface area contributed by atoms with Gasteiger partial charge in [0.25, 0.3) is 0 Å². The van der Waals surface area contributed by atoms with Gasteiger partial charge in [-0.1, -0.05) is 18.2 Å². The maximum atomic E-state index is 14.5. The van der Waals surface area contributed by atoms with Gasteiger partial charge in [0, 0.05) is 13.1 Å². The number of nitrogens with zero attached hydrogens (tertiary/aromatic N) is 4. The summed E-state index contributed by atoms with van der Waals surface area (Å²) >= 11 is 0. The fraction of sp³-hybridized carbons (Fsp3) is 0.375. The highest BCUT2D eigenvalue weighted by molar-refractivity contribution is 7.92. The molecule has 0 fully saturated rings. The standard InChI is InChI=1S/C16H19FN4O2S/c1-11-15(17)16(19-12(2)18-11)20-8-9-21(24(3,22)23)14-7-5-4-6-13(14)10-20/h4-7H,8-10H2,1-3H3. The fourth-order valence-electron chi connectivity index (χ4n) is 2.92. The molecule has 0 amide bonds. The summed E-state index contributed by atoms with van der Waals surface area (Å²) in [5, 5.41) is 0. The summed E-state index contributed by atoms with van der Waals surface area (Å²) in [4.78, 5) is 10.0. The third kappa shape index (κ3) is 3.06. The highest BCUT2D eigenvalue weighted by atomic mass is 32.2. The molecule has 0 aliphatic carbocycles. The number of aromatic nitrogens is 2. The van der Waals surface area contributed by atoms with E-state index in [0.717, 1.165) is 5.56 Å². The van der Waals surface area contributed by atoms with Crippen molar-refractivity contribution in [3.8, 4) is 0 Å². The Morgan fingerprint density at radius 1 is 1.12 bits per heavy atom. The van der Waals surface area contributed by atoms with Crippen LogP contribution in [0.3, 0.4) is 0 Å². The summed E-state index contributed by atoms with van der Waals surface area (Å²) in [6.45, 7) is 4.27. The van der Waals surface area contributed by atoms with Gasteiger partial charge in [-0.3, -0.25) is 4.31 Å². The molecule has 24 heavy (non-hydrogen) atoms. The summed E-state index contributed by atoms with van der Waals surface area (Å²) < 4.78 is 40.1. The van der Waals surface area contributed by atoms with Gasteiger partial charge in [0.1, 0.15) is 5.82 Å². The minimum absolute atomic E-state index is 0.213. The molecule has 0 bridgehead atoms. The molecule has 2 aromatic rings. The van der Waals surface area contributed by atoms with E-state index in [1.54, 1.807) is 30.9 Å². The Morgan fingerprint density at radius 3 is 2.54 bits per heavy atom. The lowest BCUT2D eigenvalue weighted by molar-refractivity contribution is 0.585. The summed E-state index contributed by atoms with van der Waals surface area (Å²) in [6.07, 6.45) is 1.18. The van der Waals surface area contributed by atoms with Gasteiger partial charge in [-0.05, 0) is 25.5 Å². The van der Waals surface area contributed by atoms with E-state index >= 15 is 0 Å². The fourth-order valence-corrected chi connectivity index (χ4v) is 3.87. The molecular formula is C16H19FN4O2S. The molecule has 3 rings (SSSR count). The average Bonchev–Trinajstić information content (AvgIpc) is 2.69. The van der Waals surface area contributed by atoms with Crippen molar-refractivity contribution >= 4 is 21.5 Å². The number of sulfonamides is 1. The minimum Gasteiger partial charge on any atom is -0.348 e. The molecule has 2 heterocycles. The average molecular weight is 350 g/mol. The van der Waals surface area contributed by atoms with Crippen molar-refractivity contribution < 1.29 is 12.8 Å². The van der Waals surface area contributed by atoms with E-state index in [1.807, 2.05) is 12.1 Å². The van der Waals surface area contributed by atoms with Crippen molar-refractivity contribution in [1.29, 1.82) is 0 Å². The zero-order valence-electron chi connectivity index (χ0n) is 13.8. The number of aryl methyl sites for hydroxylation is 2. The zero-order valence-corrected chi connectivity index (χ0v) is 14.6. The Morgan fingerprint density at radius 2 is 1.83 bits per heavy atom. The third-order valence-electron chi connectivity index (χ3n) is 4.01. The van der Waals surface area contributed by atoms with Crippen LogP contribution in [-0.2, 0) is 16.6 Å². The molecule has 128 valence electrons. The number of benzene rings is 1. The van der Waals surface area contributed by atoms with Gasteiger partial charge in [0.15, 0.2) is 11.6 Å². The smallest absolute Gasteiger partial charge is 0.232 e. The molecule has 0 N–H and O–H groups in total. The van der Waals surface area contributed by atoms with E-state index < -0.39 is 15.8 Å². The molecule has 8 heteroatoms. The summed E-state index contributed by atoms with van der Waals surface area (Å²) in [6, 6.07) is 7.26. The molecule has 6 nitrogen and oxygen atoms in total. The lowest BCUT2D eigenvalue weighted by Gasteiger charge is -2.23. The maximum Gasteiger partial charge on any atom is 0.232 e. The van der Waals surface area contributed by atoms with Gasteiger partial charge in [0.2, 0.25) is 10.0 Å². The molecule has 0 saturated heterocycles. The number of anilines is 2. The number of hydrogen-bond acceptors (Lipinski definition) is 5. The van der Waals surface area contributed by atoms with E-state index in [1.165, 1.54) is 10.6 Å². The molecule has 1 aromatic carbocycles. The molecule has 0 saturated carbocycles. The zero-order chi connectivity index (χ0) is 17.5. The number of hydrogen-bond donors (Lipinski definition) is 0. The molecule has 1 aliphatic heterocycles. The van der Waals surface area contributed by atoms with Crippen molar-refractivity contribution in [2.75, 3.05) is 28.6 Å². The first-order chi connectivity index (χ1) is 11.3. The molecule has 0 spiro atoms. The van der Waals surface area contributed by atoms with Crippen LogP contribution in [0.15, 0.2) is 24.3 Å². The topological polar surface area (TPSA) is 66.4 Å². The molecule has 0 atom stereocenters. The summed E-state index contributed by atoms with van der Waals surface area (Å²) in [7, 11) is -3.41. The van der Waals surface area contributed by atoms with E-state index in [4.69, 9.17) is 0 Å². The lowest BCUT2D eigenvalue weighted by Crippen LogP contribution is -2.35. The number of para-hydroxylation sites is 1. The normalized spacial score (nSPS) is 15.2. The van der Waals surface area contributed by atoms with E-state index in [0.29, 0.717) is 24.6 Å². The van der Waals surface area contributed by atoms with Gasteiger partial charge in [-0.15, -0.1) is 0 Å². The molecule has 0 unspecified atom stereocenters. The van der Waals surface area contributed by atoms with Crippen LogP contribution in [0.25, 0.3) is 0 Å². The molecular weight excluding hydrogens is 331 g/mol. The SMILES string of the molecule is Cc1nc(C)c(F)c(N2CCN(S(C)(=O)=O)c3ccccc3C2)n1. The Kier molecular flexibility index (Phi) is 4.16. The Balaban J connectivity index is 2.08. The van der Waals surface area contributed by atoms with Crippen LogP contribution in [-0.4, -0.2) is 37.7 Å². The van der Waals surface area contributed by atoms with Gasteiger partial charge in [-0.2, -0.15) is 0 Å². The van der Waals surface area contributed by atoms with E-state index in [9.17, 15) is 12.8 Å². The first-order valence-corrected chi connectivity index (χ1v) is 9.43. The van der Waals surface area contributed by atoms with Crippen molar-refractivity contribution in [1.82, 2.24) is 9.97 Å². The van der Waals surface area contributed by atoms with Crippen molar-refractivity contribution in [3.63, 3.8) is 0 Å². The van der Waals surface area contributed by atoms with E-state index in [-0.39, 0.29) is 18.1 Å². The first-order valence-electron chi connectivity index (χ1n) is 7.58. The van der Waals surface area contributed by atoms with Crippen LogP contribution in [0.1, 0.15) is 17.1 Å². The lowest BCUT2D eigenvalue weighted by atomic mass is 10.1. The van der Waals surface area contributed by atoms with Crippen molar-refractivity contribution in [2.45, 2.75) is 20.4 Å². The second kappa shape index (κ2) is 6.01. The van der Waals surface area contributed by atoms with Gasteiger partial charge >= 0.3 is 0 Å². The number of rotatable bonds is 2. The van der Waals surface area contributed by atoms with Gasteiger partial charge < -0.3 is 4.90 Å². The monoisotopic (exact) mass is 350 g/mol. The van der Waals surface area contributed by atoms with Crippen LogP contribution < -0.4 is 9.21 Å².